The van der Waals surface area contributed by atoms with Gasteiger partial charge < -0.3 is 5.11 Å². The van der Waals surface area contributed by atoms with E-state index in [1.165, 1.54) is 0 Å². The van der Waals surface area contributed by atoms with Gasteiger partial charge in [-0.1, -0.05) is 43.3 Å². The molecule has 1 N–H and O–H groups in total. The van der Waals surface area contributed by atoms with Gasteiger partial charge in [-0.05, 0) is 73.2 Å². The number of carbonyl (C=O) groups excluding carboxylic acids is 2. The van der Waals surface area contributed by atoms with Crippen molar-refractivity contribution in [3.05, 3.63) is 76.0 Å². The summed E-state index contributed by atoms with van der Waals surface area (Å²) in [7, 11) is 0. The molecule has 4 heteroatoms. The number of aryl methyl sites for hydroxylation is 2. The fourth-order valence-corrected chi connectivity index (χ4v) is 3.65. The number of hydrogen-bond acceptors (Lipinski definition) is 3. The van der Waals surface area contributed by atoms with Gasteiger partial charge >= 0.3 is 0 Å². The van der Waals surface area contributed by atoms with Crippen LogP contribution < -0.4 is 0 Å². The number of carbonyl (C=O) groups is 2. The molecule has 0 fully saturated rings. The molecule has 0 amide bonds. The standard InChI is InChI=1S/C24H23ClO3/c1-6-15-7-8-17(16-9-10-19(25)13(2)11-16)12-18(15)20-21(26)14(3)22(27)24(4,5)23(20)28/h7-12,26H,3,6H2,1-2,4-5H3. The molecule has 1 aliphatic rings. The topological polar surface area (TPSA) is 54.4 Å². The van der Waals surface area contributed by atoms with Crippen molar-refractivity contribution in [3.63, 3.8) is 0 Å². The molecule has 3 rings (SSSR count). The van der Waals surface area contributed by atoms with E-state index >= 15 is 0 Å². The van der Waals surface area contributed by atoms with E-state index in [-0.39, 0.29) is 22.7 Å². The molecule has 0 radical (unpaired) electrons. The molecule has 0 unspecified atom stereocenters. The summed E-state index contributed by atoms with van der Waals surface area (Å²) >= 11 is 6.14. The summed E-state index contributed by atoms with van der Waals surface area (Å²) in [6.07, 6.45) is 0.681. The Balaban J connectivity index is 2.26. The Morgan fingerprint density at radius 2 is 1.64 bits per heavy atom. The average molecular weight is 395 g/mol. The van der Waals surface area contributed by atoms with Gasteiger partial charge in [0, 0.05) is 5.02 Å². The molecule has 0 aromatic heterocycles. The number of aliphatic hydroxyl groups excluding tert-OH is 1. The Morgan fingerprint density at radius 3 is 2.25 bits per heavy atom. The summed E-state index contributed by atoms with van der Waals surface area (Å²) in [4.78, 5) is 25.6. The van der Waals surface area contributed by atoms with Gasteiger partial charge in [-0.25, -0.2) is 0 Å². The van der Waals surface area contributed by atoms with Crippen LogP contribution in [0.4, 0.5) is 0 Å². The lowest BCUT2D eigenvalue weighted by Crippen LogP contribution is -2.39. The van der Waals surface area contributed by atoms with E-state index in [4.69, 9.17) is 11.6 Å². The zero-order valence-corrected chi connectivity index (χ0v) is 17.3. The fraction of sp³-hybridized carbons (Fsp3) is 0.250. The highest BCUT2D eigenvalue weighted by atomic mass is 35.5. The van der Waals surface area contributed by atoms with E-state index in [1.807, 2.05) is 50.2 Å². The quantitative estimate of drug-likeness (QED) is 0.522. The Morgan fingerprint density at radius 1 is 1.04 bits per heavy atom. The van der Waals surface area contributed by atoms with Gasteiger partial charge in [-0.15, -0.1) is 0 Å². The summed E-state index contributed by atoms with van der Waals surface area (Å²) in [5.41, 5.74) is 3.27. The Bertz CT molecular complexity index is 1060. The van der Waals surface area contributed by atoms with Crippen LogP contribution in [0.5, 0.6) is 0 Å². The van der Waals surface area contributed by atoms with Gasteiger partial charge in [-0.3, -0.25) is 9.59 Å². The van der Waals surface area contributed by atoms with E-state index in [9.17, 15) is 14.7 Å². The number of allylic oxidation sites excluding steroid dienone is 2. The molecular weight excluding hydrogens is 372 g/mol. The van der Waals surface area contributed by atoms with E-state index in [0.29, 0.717) is 17.0 Å². The number of hydrogen-bond donors (Lipinski definition) is 1. The molecule has 0 saturated heterocycles. The average Bonchev–Trinajstić information content (AvgIpc) is 2.67. The van der Waals surface area contributed by atoms with E-state index in [1.54, 1.807) is 13.8 Å². The monoisotopic (exact) mass is 394 g/mol. The molecule has 0 atom stereocenters. The van der Waals surface area contributed by atoms with Crippen molar-refractivity contribution in [3.8, 4) is 11.1 Å². The zero-order chi connectivity index (χ0) is 20.8. The lowest BCUT2D eigenvalue weighted by Gasteiger charge is -2.30. The molecule has 1 aliphatic carbocycles. The number of benzene rings is 2. The normalized spacial score (nSPS) is 16.7. The first-order valence-corrected chi connectivity index (χ1v) is 9.59. The first kappa shape index (κ1) is 20.1. The van der Waals surface area contributed by atoms with Crippen molar-refractivity contribution in [2.45, 2.75) is 34.1 Å². The maximum absolute atomic E-state index is 13.1. The summed E-state index contributed by atoms with van der Waals surface area (Å²) in [5.74, 6) is -1.16. The number of aliphatic hydroxyl groups is 1. The van der Waals surface area contributed by atoms with Crippen LogP contribution in [0, 0.1) is 12.3 Å². The van der Waals surface area contributed by atoms with Crippen molar-refractivity contribution >= 4 is 28.7 Å². The fourth-order valence-electron chi connectivity index (χ4n) is 3.53. The van der Waals surface area contributed by atoms with Crippen LogP contribution in [0.25, 0.3) is 16.7 Å². The third-order valence-corrected chi connectivity index (χ3v) is 5.83. The van der Waals surface area contributed by atoms with E-state index < -0.39 is 11.2 Å². The number of halogens is 1. The molecule has 0 saturated carbocycles. The predicted octanol–water partition coefficient (Wildman–Crippen LogP) is 5.88. The van der Waals surface area contributed by atoms with Crippen LogP contribution in [0.3, 0.4) is 0 Å². The second-order valence-electron chi connectivity index (χ2n) is 7.67. The summed E-state index contributed by atoms with van der Waals surface area (Å²) in [6.45, 7) is 10.8. The van der Waals surface area contributed by atoms with Crippen LogP contribution in [0.1, 0.15) is 37.5 Å². The molecule has 2 aromatic rings. The maximum atomic E-state index is 13.1. The zero-order valence-electron chi connectivity index (χ0n) is 16.5. The van der Waals surface area contributed by atoms with Crippen molar-refractivity contribution in [2.75, 3.05) is 0 Å². The van der Waals surface area contributed by atoms with Gasteiger partial charge in [0.1, 0.15) is 5.76 Å². The van der Waals surface area contributed by atoms with Crippen LogP contribution in [0.2, 0.25) is 5.02 Å². The van der Waals surface area contributed by atoms with Crippen LogP contribution in [0.15, 0.2) is 54.3 Å². The minimum Gasteiger partial charge on any atom is -0.506 e. The van der Waals surface area contributed by atoms with Crippen molar-refractivity contribution in [1.82, 2.24) is 0 Å². The predicted molar refractivity (Wildman–Crippen MR) is 113 cm³/mol. The highest BCUT2D eigenvalue weighted by Gasteiger charge is 2.46. The number of Topliss-reactive ketones (excluding diaryl/α,β-unsaturated/α-hetero) is 2. The SMILES string of the molecule is C=C1C(=O)C(C)(C)C(=O)C(c2cc(-c3ccc(Cl)c(C)c3)ccc2CC)=C1O. The van der Waals surface area contributed by atoms with Crippen molar-refractivity contribution in [2.24, 2.45) is 5.41 Å². The highest BCUT2D eigenvalue weighted by molar-refractivity contribution is 6.37. The largest absolute Gasteiger partial charge is 0.506 e. The molecule has 0 aliphatic heterocycles. The first-order valence-electron chi connectivity index (χ1n) is 9.21. The molecule has 0 spiro atoms. The van der Waals surface area contributed by atoms with Gasteiger partial charge in [0.15, 0.2) is 11.6 Å². The lowest BCUT2D eigenvalue weighted by atomic mass is 9.70. The minimum absolute atomic E-state index is 0.0191. The smallest absolute Gasteiger partial charge is 0.180 e. The van der Waals surface area contributed by atoms with Crippen LogP contribution in [-0.4, -0.2) is 16.7 Å². The number of ketones is 2. The lowest BCUT2D eigenvalue weighted by molar-refractivity contribution is -0.133. The van der Waals surface area contributed by atoms with Gasteiger partial charge in [-0.2, -0.15) is 0 Å². The second-order valence-corrected chi connectivity index (χ2v) is 8.08. The molecule has 0 bridgehead atoms. The Hall–Kier alpha value is -2.65. The van der Waals surface area contributed by atoms with Crippen LogP contribution >= 0.6 is 11.6 Å². The minimum atomic E-state index is -1.25. The molecule has 3 nitrogen and oxygen atoms in total. The van der Waals surface area contributed by atoms with Gasteiger partial charge in [0.05, 0.1) is 16.6 Å². The molecule has 28 heavy (non-hydrogen) atoms. The van der Waals surface area contributed by atoms with Crippen LogP contribution in [-0.2, 0) is 16.0 Å². The first-order chi connectivity index (χ1) is 13.1. The molecule has 0 heterocycles. The van der Waals surface area contributed by atoms with Crippen molar-refractivity contribution in [1.29, 1.82) is 0 Å². The summed E-state index contributed by atoms with van der Waals surface area (Å²) < 4.78 is 0. The molecular formula is C24H23ClO3. The second kappa shape index (κ2) is 7.06. The van der Waals surface area contributed by atoms with Crippen molar-refractivity contribution < 1.29 is 14.7 Å². The molecule has 144 valence electrons. The third kappa shape index (κ3) is 3.10. The summed E-state index contributed by atoms with van der Waals surface area (Å²) in [6, 6.07) is 11.6. The highest BCUT2D eigenvalue weighted by Crippen LogP contribution is 2.41. The summed E-state index contributed by atoms with van der Waals surface area (Å²) in [5, 5.41) is 11.3. The number of rotatable bonds is 3. The van der Waals surface area contributed by atoms with E-state index in [0.717, 1.165) is 22.3 Å². The van der Waals surface area contributed by atoms with Gasteiger partial charge in [0.2, 0.25) is 0 Å². The Kier molecular flexibility index (Phi) is 5.07. The third-order valence-electron chi connectivity index (χ3n) is 5.41. The van der Waals surface area contributed by atoms with E-state index in [2.05, 4.69) is 6.58 Å². The Labute approximate surface area is 170 Å². The maximum Gasteiger partial charge on any atom is 0.180 e. The molecule has 2 aromatic carbocycles. The van der Waals surface area contributed by atoms with Gasteiger partial charge in [0.25, 0.3) is 0 Å².